The highest BCUT2D eigenvalue weighted by molar-refractivity contribution is 8.04. The number of amides is 3. The second kappa shape index (κ2) is 10.7. The van der Waals surface area contributed by atoms with Gasteiger partial charge in [-0.05, 0) is 79.7 Å². The molecule has 8 heteroatoms. The van der Waals surface area contributed by atoms with Crippen molar-refractivity contribution >= 4 is 46.5 Å². The smallest absolute Gasteiger partial charge is 0.283 e. The van der Waals surface area contributed by atoms with E-state index in [2.05, 4.69) is 10.6 Å². The number of nitrogens with one attached hydrogen (secondary N) is 2. The van der Waals surface area contributed by atoms with E-state index in [1.807, 2.05) is 37.3 Å². The fourth-order valence-corrected chi connectivity index (χ4v) is 4.76. The Balaban J connectivity index is 1.41. The molecule has 0 bridgehead atoms. The molecule has 0 saturated heterocycles. The van der Waals surface area contributed by atoms with E-state index in [-0.39, 0.29) is 22.2 Å². The number of halogens is 1. The molecule has 4 aromatic rings. The number of thioether (sulfide) groups is 1. The number of hydrogen-bond acceptors (Lipinski definition) is 5. The lowest BCUT2D eigenvalue weighted by Crippen LogP contribution is -2.32. The van der Waals surface area contributed by atoms with Crippen molar-refractivity contribution in [2.75, 3.05) is 15.5 Å². The molecule has 0 fully saturated rings. The van der Waals surface area contributed by atoms with Crippen LogP contribution in [0.4, 0.5) is 21.5 Å². The summed E-state index contributed by atoms with van der Waals surface area (Å²) in [6.07, 6.45) is 0. The molecular formula is C30H22FN3O3S. The van der Waals surface area contributed by atoms with Crippen molar-refractivity contribution in [2.24, 2.45) is 0 Å². The van der Waals surface area contributed by atoms with E-state index < -0.39 is 17.6 Å². The van der Waals surface area contributed by atoms with Crippen molar-refractivity contribution in [1.29, 1.82) is 0 Å². The number of anilines is 3. The SMILES string of the molecule is Cc1ccc(NC2=C(Sc3ccc(NC(=O)c4ccccc4)cc3)C(=O)N(c3ccc(F)cc3)C2=O)cc1. The van der Waals surface area contributed by atoms with E-state index in [9.17, 15) is 18.8 Å². The van der Waals surface area contributed by atoms with Crippen LogP contribution < -0.4 is 15.5 Å². The van der Waals surface area contributed by atoms with Crippen molar-refractivity contribution in [3.63, 3.8) is 0 Å². The molecule has 0 radical (unpaired) electrons. The maximum Gasteiger partial charge on any atom is 0.283 e. The molecule has 6 nitrogen and oxygen atoms in total. The maximum absolute atomic E-state index is 13.5. The van der Waals surface area contributed by atoms with Crippen molar-refractivity contribution < 1.29 is 18.8 Å². The van der Waals surface area contributed by atoms with Gasteiger partial charge in [0.05, 0.1) is 5.69 Å². The minimum absolute atomic E-state index is 0.134. The van der Waals surface area contributed by atoms with Gasteiger partial charge in [-0.15, -0.1) is 0 Å². The Labute approximate surface area is 223 Å². The summed E-state index contributed by atoms with van der Waals surface area (Å²) < 4.78 is 13.5. The summed E-state index contributed by atoms with van der Waals surface area (Å²) in [5.41, 5.74) is 3.26. The van der Waals surface area contributed by atoms with Gasteiger partial charge < -0.3 is 10.6 Å². The van der Waals surface area contributed by atoms with Crippen LogP contribution in [0.1, 0.15) is 15.9 Å². The highest BCUT2D eigenvalue weighted by atomic mass is 32.2. The number of imide groups is 1. The second-order valence-corrected chi connectivity index (χ2v) is 9.65. The molecule has 38 heavy (non-hydrogen) atoms. The fraction of sp³-hybridized carbons (Fsp3) is 0.0333. The number of carbonyl (C=O) groups is 3. The van der Waals surface area contributed by atoms with Crippen LogP contribution in [-0.2, 0) is 9.59 Å². The number of aryl methyl sites for hydroxylation is 1. The quantitative estimate of drug-likeness (QED) is 0.275. The molecule has 3 amide bonds. The molecule has 1 aliphatic rings. The Hall–Kier alpha value is -4.69. The van der Waals surface area contributed by atoms with Gasteiger partial charge >= 0.3 is 0 Å². The molecule has 0 spiro atoms. The average Bonchev–Trinajstić information content (AvgIpc) is 3.16. The average molecular weight is 524 g/mol. The summed E-state index contributed by atoms with van der Waals surface area (Å²) in [5.74, 6) is -1.74. The van der Waals surface area contributed by atoms with Gasteiger partial charge in [-0.3, -0.25) is 14.4 Å². The molecule has 1 heterocycles. The molecule has 1 aliphatic heterocycles. The molecule has 0 unspecified atom stereocenters. The molecule has 5 rings (SSSR count). The number of benzene rings is 4. The molecule has 0 atom stereocenters. The summed E-state index contributed by atoms with van der Waals surface area (Å²) in [6.45, 7) is 1.96. The van der Waals surface area contributed by atoms with Crippen LogP contribution >= 0.6 is 11.8 Å². The van der Waals surface area contributed by atoms with Crippen molar-refractivity contribution in [1.82, 2.24) is 0 Å². The van der Waals surface area contributed by atoms with Gasteiger partial charge in [0, 0.05) is 21.8 Å². The number of rotatable bonds is 7. The van der Waals surface area contributed by atoms with Crippen LogP contribution in [0.3, 0.4) is 0 Å². The van der Waals surface area contributed by atoms with Crippen LogP contribution in [0.5, 0.6) is 0 Å². The molecule has 4 aromatic carbocycles. The van der Waals surface area contributed by atoms with Gasteiger partial charge in [0.15, 0.2) is 0 Å². The Morgan fingerprint density at radius 3 is 2.05 bits per heavy atom. The maximum atomic E-state index is 13.5. The molecule has 0 aromatic heterocycles. The molecule has 188 valence electrons. The minimum Gasteiger partial charge on any atom is -0.350 e. The van der Waals surface area contributed by atoms with E-state index in [4.69, 9.17) is 0 Å². The molecule has 0 saturated carbocycles. The third-order valence-electron chi connectivity index (χ3n) is 5.82. The van der Waals surface area contributed by atoms with E-state index in [0.29, 0.717) is 21.8 Å². The molecule has 0 aliphatic carbocycles. The largest absolute Gasteiger partial charge is 0.350 e. The summed E-state index contributed by atoms with van der Waals surface area (Å²) in [6, 6.07) is 28.5. The van der Waals surface area contributed by atoms with Gasteiger partial charge in [0.25, 0.3) is 17.7 Å². The Morgan fingerprint density at radius 1 is 0.763 bits per heavy atom. The standard InChI is InChI=1S/C30H22FN3O3S/c1-19-7-11-22(12-8-19)32-26-27(30(37)34(29(26)36)24-15-9-21(31)10-16-24)38-25-17-13-23(14-18-25)33-28(35)20-5-3-2-4-6-20/h2-18,32H,1H3,(H,33,35). The Morgan fingerprint density at radius 2 is 1.39 bits per heavy atom. The van der Waals surface area contributed by atoms with Gasteiger partial charge in [-0.2, -0.15) is 0 Å². The van der Waals surface area contributed by atoms with E-state index in [1.165, 1.54) is 24.3 Å². The zero-order chi connectivity index (χ0) is 26.6. The van der Waals surface area contributed by atoms with Gasteiger partial charge in [0.2, 0.25) is 0 Å². The highest BCUT2D eigenvalue weighted by Gasteiger charge is 2.40. The van der Waals surface area contributed by atoms with Crippen LogP contribution in [0, 0.1) is 12.7 Å². The summed E-state index contributed by atoms with van der Waals surface area (Å²) in [4.78, 5) is 41.3. The first-order chi connectivity index (χ1) is 18.4. The third kappa shape index (κ3) is 5.35. The van der Waals surface area contributed by atoms with Crippen molar-refractivity contribution in [3.05, 3.63) is 131 Å². The topological polar surface area (TPSA) is 78.5 Å². The third-order valence-corrected chi connectivity index (χ3v) is 6.91. The lowest BCUT2D eigenvalue weighted by Gasteiger charge is -2.15. The zero-order valence-electron chi connectivity index (χ0n) is 20.3. The summed E-state index contributed by atoms with van der Waals surface area (Å²) >= 11 is 1.14. The lowest BCUT2D eigenvalue weighted by molar-refractivity contribution is -0.120. The van der Waals surface area contributed by atoms with E-state index in [0.717, 1.165) is 22.2 Å². The Bertz CT molecular complexity index is 1530. The van der Waals surface area contributed by atoms with Gasteiger partial charge in [-0.25, -0.2) is 9.29 Å². The first-order valence-electron chi connectivity index (χ1n) is 11.8. The second-order valence-electron chi connectivity index (χ2n) is 8.56. The predicted molar refractivity (Wildman–Crippen MR) is 147 cm³/mol. The fourth-order valence-electron chi connectivity index (χ4n) is 3.84. The number of carbonyl (C=O) groups excluding carboxylic acids is 3. The minimum atomic E-state index is -0.531. The number of nitrogens with zero attached hydrogens (tertiary/aromatic N) is 1. The highest BCUT2D eigenvalue weighted by Crippen LogP contribution is 2.38. The first-order valence-corrected chi connectivity index (χ1v) is 12.6. The number of hydrogen-bond donors (Lipinski definition) is 2. The first kappa shape index (κ1) is 25.0. The van der Waals surface area contributed by atoms with E-state index >= 15 is 0 Å². The zero-order valence-corrected chi connectivity index (χ0v) is 21.1. The van der Waals surface area contributed by atoms with Crippen LogP contribution in [0.15, 0.2) is 119 Å². The molecule has 2 N–H and O–H groups in total. The summed E-state index contributed by atoms with van der Waals surface area (Å²) in [7, 11) is 0. The van der Waals surface area contributed by atoms with Gasteiger partial charge in [0.1, 0.15) is 16.4 Å². The van der Waals surface area contributed by atoms with Crippen molar-refractivity contribution in [3.8, 4) is 0 Å². The van der Waals surface area contributed by atoms with E-state index in [1.54, 1.807) is 48.5 Å². The van der Waals surface area contributed by atoms with Gasteiger partial charge in [-0.1, -0.05) is 47.7 Å². The summed E-state index contributed by atoms with van der Waals surface area (Å²) in [5, 5.41) is 5.94. The Kier molecular flexibility index (Phi) is 7.06. The van der Waals surface area contributed by atoms with Crippen LogP contribution in [0.25, 0.3) is 0 Å². The van der Waals surface area contributed by atoms with Crippen LogP contribution in [0.2, 0.25) is 0 Å². The lowest BCUT2D eigenvalue weighted by atomic mass is 10.2. The monoisotopic (exact) mass is 523 g/mol. The predicted octanol–water partition coefficient (Wildman–Crippen LogP) is 6.38. The molecular weight excluding hydrogens is 501 g/mol. The van der Waals surface area contributed by atoms with Crippen molar-refractivity contribution in [2.45, 2.75) is 11.8 Å². The van der Waals surface area contributed by atoms with Crippen LogP contribution in [-0.4, -0.2) is 17.7 Å². The normalized spacial score (nSPS) is 13.2.